The smallest absolute Gasteiger partial charge is 0.0198 e. The molecule has 1 radical (unpaired) electrons. The Labute approximate surface area is 39.6 Å². The lowest BCUT2D eigenvalue weighted by Gasteiger charge is -1.68. The molecule has 1 heteroatoms. The fourth-order valence-corrected chi connectivity index (χ4v) is 0.915. The van der Waals surface area contributed by atoms with Crippen molar-refractivity contribution in [2.45, 2.75) is 0 Å². The van der Waals surface area contributed by atoms with E-state index in [4.69, 9.17) is 0 Å². The highest BCUT2D eigenvalue weighted by molar-refractivity contribution is 6.26. The first-order valence-corrected chi connectivity index (χ1v) is 3.24. The third-order valence-corrected chi connectivity index (χ3v) is 1.44. The molecule has 29 valence electrons. The zero-order valence-corrected chi connectivity index (χ0v) is 4.54. The molecule has 0 atom stereocenters. The fourth-order valence-electron chi connectivity index (χ4n) is 0.342. The van der Waals surface area contributed by atoms with Crippen molar-refractivity contribution < 1.29 is 0 Å². The fraction of sp³-hybridized carbons (Fsp3) is 0. The first kappa shape index (κ1) is 3.75. The van der Waals surface area contributed by atoms with Gasteiger partial charge in [-0.2, -0.15) is 0 Å². The molecule has 0 fully saturated rings. The second kappa shape index (κ2) is 1.87. The first-order valence-electron chi connectivity index (χ1n) is 1.91. The van der Waals surface area contributed by atoms with E-state index in [2.05, 4.69) is 17.4 Å². The van der Waals surface area contributed by atoms with Crippen molar-refractivity contribution in [1.82, 2.24) is 0 Å². The largest absolute Gasteiger partial charge is 0.0799 e. The lowest BCUT2D eigenvalue weighted by molar-refractivity contribution is 1.84. The highest BCUT2D eigenvalue weighted by atomic mass is 28.2. The Balaban J connectivity index is 3.00. The van der Waals surface area contributed by atoms with Crippen LogP contribution in [0.5, 0.6) is 0 Å². The van der Waals surface area contributed by atoms with Gasteiger partial charge in [0.25, 0.3) is 0 Å². The molecule has 0 N–H and O–H groups in total. The molecular formula is C5H5Si. The molecule has 0 saturated carbocycles. The van der Waals surface area contributed by atoms with Crippen LogP contribution >= 0.6 is 0 Å². The SMILES string of the molecule is [c]1cc[siH]cc1. The van der Waals surface area contributed by atoms with Crippen molar-refractivity contribution in [2.24, 2.45) is 0 Å². The van der Waals surface area contributed by atoms with Crippen molar-refractivity contribution in [2.75, 3.05) is 0 Å². The summed E-state index contributed by atoms with van der Waals surface area (Å²) in [5.74, 6) is 0. The van der Waals surface area contributed by atoms with Crippen LogP contribution in [0.25, 0.3) is 0 Å². The standard InChI is InChI=1S/C5H5Si/c1-2-4-6-5-3-1/h2-6H. The maximum absolute atomic E-state index is 2.94. The Bertz CT molecular complexity index is 75.9. The molecule has 0 bridgehead atoms. The minimum atomic E-state index is 0.481. The monoisotopic (exact) mass is 93.0 g/mol. The summed E-state index contributed by atoms with van der Waals surface area (Å²) in [6.45, 7) is 0. The Kier molecular flexibility index (Phi) is 1.17. The summed E-state index contributed by atoms with van der Waals surface area (Å²) >= 11 is 0. The number of hydrogen-bond donors (Lipinski definition) is 0. The maximum atomic E-state index is 2.94. The normalized spacial score (nSPS) is 8.00. The minimum absolute atomic E-state index is 0.481. The van der Waals surface area contributed by atoms with Crippen LogP contribution in [-0.4, -0.2) is 9.12 Å². The zero-order chi connectivity index (χ0) is 4.24. The van der Waals surface area contributed by atoms with Crippen molar-refractivity contribution in [3.8, 4) is 0 Å². The Morgan fingerprint density at radius 3 is 2.00 bits per heavy atom. The van der Waals surface area contributed by atoms with E-state index < -0.39 is 0 Å². The van der Waals surface area contributed by atoms with Crippen LogP contribution in [0.15, 0.2) is 23.5 Å². The maximum Gasteiger partial charge on any atom is 0.0198 e. The van der Waals surface area contributed by atoms with Crippen molar-refractivity contribution in [1.29, 1.82) is 0 Å². The Morgan fingerprint density at radius 2 is 1.83 bits per heavy atom. The molecule has 0 amide bonds. The van der Waals surface area contributed by atoms with Crippen LogP contribution in [0.1, 0.15) is 0 Å². The van der Waals surface area contributed by atoms with E-state index in [1.807, 2.05) is 12.1 Å². The summed E-state index contributed by atoms with van der Waals surface area (Å²) in [5, 5.41) is 0. The van der Waals surface area contributed by atoms with Gasteiger partial charge in [-0.3, -0.25) is 0 Å². The predicted octanol–water partition coefficient (Wildman–Crippen LogP) is 0.557. The van der Waals surface area contributed by atoms with Gasteiger partial charge in [0.2, 0.25) is 0 Å². The van der Waals surface area contributed by atoms with Crippen LogP contribution < -0.4 is 0 Å². The van der Waals surface area contributed by atoms with Gasteiger partial charge in [0, 0.05) is 9.12 Å². The molecule has 0 unspecified atom stereocenters. The lowest BCUT2D eigenvalue weighted by Crippen LogP contribution is -1.61. The first-order chi connectivity index (χ1) is 3.00. The molecule has 0 aromatic carbocycles. The summed E-state index contributed by atoms with van der Waals surface area (Å²) in [6, 6.07) is 6.88. The van der Waals surface area contributed by atoms with E-state index in [1.54, 1.807) is 0 Å². The summed E-state index contributed by atoms with van der Waals surface area (Å²) in [5.41, 5.74) is 4.31. The molecule has 0 aliphatic carbocycles. The average Bonchev–Trinajstić information content (AvgIpc) is 1.72. The molecule has 1 aromatic rings. The molecule has 1 aromatic heterocycles. The highest BCUT2D eigenvalue weighted by Crippen LogP contribution is 1.71. The van der Waals surface area contributed by atoms with Gasteiger partial charge >= 0.3 is 0 Å². The van der Waals surface area contributed by atoms with Crippen molar-refractivity contribution in [3.05, 3.63) is 29.6 Å². The third-order valence-electron chi connectivity index (χ3n) is 0.607. The molecule has 0 saturated heterocycles. The second-order valence-corrected chi connectivity index (χ2v) is 2.23. The van der Waals surface area contributed by atoms with E-state index in [0.717, 1.165) is 0 Å². The molecule has 6 heavy (non-hydrogen) atoms. The molecule has 0 spiro atoms. The number of rotatable bonds is 0. The molecule has 1 rings (SSSR count). The molecular weight excluding hydrogens is 88.1 g/mol. The van der Waals surface area contributed by atoms with E-state index in [0.29, 0.717) is 9.12 Å². The topological polar surface area (TPSA) is 0 Å². The van der Waals surface area contributed by atoms with Gasteiger partial charge in [-0.15, -0.1) is 0 Å². The summed E-state index contributed by atoms with van der Waals surface area (Å²) in [4.78, 5) is 0. The molecule has 1 heterocycles. The second-order valence-electron chi connectivity index (χ2n) is 1.08. The Morgan fingerprint density at radius 1 is 1.17 bits per heavy atom. The summed E-state index contributed by atoms with van der Waals surface area (Å²) in [7, 11) is 0.481. The highest BCUT2D eigenvalue weighted by Gasteiger charge is 1.59. The molecule has 0 aliphatic rings. The lowest BCUT2D eigenvalue weighted by atomic mass is 10.6. The van der Waals surface area contributed by atoms with E-state index in [9.17, 15) is 0 Å². The van der Waals surface area contributed by atoms with E-state index in [-0.39, 0.29) is 0 Å². The van der Waals surface area contributed by atoms with Crippen LogP contribution in [-0.2, 0) is 0 Å². The van der Waals surface area contributed by atoms with Gasteiger partial charge in [0.05, 0.1) is 0 Å². The Hall–Kier alpha value is -0.433. The van der Waals surface area contributed by atoms with E-state index >= 15 is 0 Å². The molecule has 0 aliphatic heterocycles. The van der Waals surface area contributed by atoms with Gasteiger partial charge in [-0.25, -0.2) is 0 Å². The quantitative estimate of drug-likeness (QED) is 0.411. The van der Waals surface area contributed by atoms with Gasteiger partial charge in [0.15, 0.2) is 0 Å². The van der Waals surface area contributed by atoms with Crippen LogP contribution in [0.4, 0.5) is 0 Å². The zero-order valence-electron chi connectivity index (χ0n) is 3.39. The summed E-state index contributed by atoms with van der Waals surface area (Å²) < 4.78 is 0. The average molecular weight is 93.2 g/mol. The van der Waals surface area contributed by atoms with Gasteiger partial charge < -0.3 is 0 Å². The van der Waals surface area contributed by atoms with Crippen molar-refractivity contribution >= 4 is 9.12 Å². The van der Waals surface area contributed by atoms with Gasteiger partial charge in [-0.05, 0) is 6.07 Å². The van der Waals surface area contributed by atoms with Crippen molar-refractivity contribution in [3.63, 3.8) is 0 Å². The van der Waals surface area contributed by atoms with E-state index in [1.165, 1.54) is 0 Å². The van der Waals surface area contributed by atoms with Crippen LogP contribution in [0.2, 0.25) is 0 Å². The van der Waals surface area contributed by atoms with Gasteiger partial charge in [-0.1, -0.05) is 23.5 Å². The summed E-state index contributed by atoms with van der Waals surface area (Å²) in [6.07, 6.45) is 0. The minimum Gasteiger partial charge on any atom is -0.0799 e. The predicted molar refractivity (Wildman–Crippen MR) is 28.0 cm³/mol. The molecule has 0 nitrogen and oxygen atoms in total. The van der Waals surface area contributed by atoms with Gasteiger partial charge in [0.1, 0.15) is 0 Å². The number of hydrogen-bond acceptors (Lipinski definition) is 0. The van der Waals surface area contributed by atoms with Crippen LogP contribution in [0.3, 0.4) is 0 Å². The third kappa shape index (κ3) is 0.758. The van der Waals surface area contributed by atoms with Crippen LogP contribution in [0, 0.1) is 6.07 Å².